The van der Waals surface area contributed by atoms with E-state index in [1.807, 2.05) is 16.8 Å². The average Bonchev–Trinajstić information content (AvgIpc) is 3.25. The second-order valence-corrected chi connectivity index (χ2v) is 9.02. The molecule has 2 aromatic carbocycles. The topological polar surface area (TPSA) is 56.1 Å². The fourth-order valence-electron chi connectivity index (χ4n) is 4.39. The van der Waals surface area contributed by atoms with E-state index in [1.165, 1.54) is 5.56 Å². The Labute approximate surface area is 178 Å². The highest BCUT2D eigenvalue weighted by atomic mass is 16.5. The molecule has 0 spiro atoms. The van der Waals surface area contributed by atoms with Crippen molar-refractivity contribution in [3.05, 3.63) is 71.5 Å². The second kappa shape index (κ2) is 8.56. The van der Waals surface area contributed by atoms with Crippen LogP contribution in [0.5, 0.6) is 5.75 Å². The van der Waals surface area contributed by atoms with Crippen molar-refractivity contribution in [1.29, 1.82) is 0 Å². The van der Waals surface area contributed by atoms with E-state index in [-0.39, 0.29) is 11.6 Å². The number of benzene rings is 2. The number of nitrogens with zero attached hydrogens (tertiary/aromatic N) is 5. The molecular weight excluding hydrogens is 374 g/mol. The number of likely N-dealkylation sites (tertiary alicyclic amines) is 1. The standard InChI is InChI=1S/C24H31N5O/c1-24(2,3)29-23(25-26-27-29)22(20-11-8-12-21(17-20)30-4)28-15-13-19(14-16-28)18-9-6-5-7-10-18/h5-12,17,19,22H,13-16H2,1-4H3. The van der Waals surface area contributed by atoms with Crippen LogP contribution in [0.1, 0.15) is 62.5 Å². The summed E-state index contributed by atoms with van der Waals surface area (Å²) in [5.74, 6) is 2.34. The number of piperidine rings is 1. The van der Waals surface area contributed by atoms with Crippen LogP contribution in [0.15, 0.2) is 54.6 Å². The maximum atomic E-state index is 5.51. The minimum atomic E-state index is -0.196. The van der Waals surface area contributed by atoms with Gasteiger partial charge in [0, 0.05) is 0 Å². The molecule has 1 aliphatic rings. The summed E-state index contributed by atoms with van der Waals surface area (Å²) >= 11 is 0. The summed E-state index contributed by atoms with van der Waals surface area (Å²) in [5.41, 5.74) is 2.40. The summed E-state index contributed by atoms with van der Waals surface area (Å²) in [6.45, 7) is 8.41. The lowest BCUT2D eigenvalue weighted by atomic mass is 9.88. The van der Waals surface area contributed by atoms with Gasteiger partial charge in [-0.25, -0.2) is 4.68 Å². The second-order valence-electron chi connectivity index (χ2n) is 9.02. The minimum Gasteiger partial charge on any atom is -0.497 e. The van der Waals surface area contributed by atoms with Gasteiger partial charge in [0.25, 0.3) is 0 Å². The van der Waals surface area contributed by atoms with E-state index in [1.54, 1.807) is 7.11 Å². The molecule has 3 aromatic rings. The van der Waals surface area contributed by atoms with E-state index in [0.717, 1.165) is 43.1 Å². The first-order chi connectivity index (χ1) is 14.5. The van der Waals surface area contributed by atoms with Crippen molar-refractivity contribution >= 4 is 0 Å². The molecule has 4 rings (SSSR count). The van der Waals surface area contributed by atoms with E-state index >= 15 is 0 Å². The van der Waals surface area contributed by atoms with Gasteiger partial charge in [-0.1, -0.05) is 42.5 Å². The van der Waals surface area contributed by atoms with Crippen LogP contribution in [0.4, 0.5) is 0 Å². The summed E-state index contributed by atoms with van der Waals surface area (Å²) in [7, 11) is 1.71. The smallest absolute Gasteiger partial charge is 0.173 e. The molecule has 6 nitrogen and oxygen atoms in total. The van der Waals surface area contributed by atoms with Crippen LogP contribution in [-0.4, -0.2) is 45.3 Å². The van der Waals surface area contributed by atoms with Crippen molar-refractivity contribution in [2.45, 2.75) is 51.1 Å². The maximum absolute atomic E-state index is 5.51. The molecule has 6 heteroatoms. The summed E-state index contributed by atoms with van der Waals surface area (Å²) < 4.78 is 7.46. The normalized spacial score (nSPS) is 17.1. The van der Waals surface area contributed by atoms with Crippen molar-refractivity contribution in [2.24, 2.45) is 0 Å². The zero-order chi connectivity index (χ0) is 21.1. The number of hydrogen-bond acceptors (Lipinski definition) is 5. The van der Waals surface area contributed by atoms with Gasteiger partial charge in [0.1, 0.15) is 5.75 Å². The monoisotopic (exact) mass is 405 g/mol. The fourth-order valence-corrected chi connectivity index (χ4v) is 4.39. The Balaban J connectivity index is 1.66. The predicted molar refractivity (Wildman–Crippen MR) is 118 cm³/mol. The zero-order valence-corrected chi connectivity index (χ0v) is 18.3. The first kappa shape index (κ1) is 20.5. The third-order valence-electron chi connectivity index (χ3n) is 5.95. The first-order valence-electron chi connectivity index (χ1n) is 10.7. The predicted octanol–water partition coefficient (Wildman–Crippen LogP) is 4.41. The van der Waals surface area contributed by atoms with Gasteiger partial charge in [-0.05, 0) is 86.3 Å². The molecule has 1 atom stereocenters. The zero-order valence-electron chi connectivity index (χ0n) is 18.3. The molecule has 1 fully saturated rings. The van der Waals surface area contributed by atoms with E-state index < -0.39 is 0 Å². The number of hydrogen-bond donors (Lipinski definition) is 0. The highest BCUT2D eigenvalue weighted by Gasteiger charge is 2.34. The lowest BCUT2D eigenvalue weighted by Crippen LogP contribution is -2.39. The lowest BCUT2D eigenvalue weighted by molar-refractivity contribution is 0.159. The molecule has 1 saturated heterocycles. The summed E-state index contributed by atoms with van der Waals surface area (Å²) in [6, 6.07) is 19.1. The Morgan fingerprint density at radius 3 is 2.40 bits per heavy atom. The number of methoxy groups -OCH3 is 1. The highest BCUT2D eigenvalue weighted by molar-refractivity contribution is 5.34. The molecule has 2 heterocycles. The number of rotatable bonds is 5. The third-order valence-corrected chi connectivity index (χ3v) is 5.95. The number of tetrazole rings is 1. The van der Waals surface area contributed by atoms with Crippen LogP contribution in [0.25, 0.3) is 0 Å². The molecular formula is C24H31N5O. The van der Waals surface area contributed by atoms with Crippen LogP contribution in [0.3, 0.4) is 0 Å². The van der Waals surface area contributed by atoms with Gasteiger partial charge in [0.2, 0.25) is 0 Å². The molecule has 1 unspecified atom stereocenters. The van der Waals surface area contributed by atoms with Crippen molar-refractivity contribution in [3.63, 3.8) is 0 Å². The van der Waals surface area contributed by atoms with Crippen molar-refractivity contribution in [2.75, 3.05) is 20.2 Å². The molecule has 0 aliphatic carbocycles. The Kier molecular flexibility index (Phi) is 5.86. The summed E-state index contributed by atoms with van der Waals surface area (Å²) in [5, 5.41) is 12.9. The molecule has 158 valence electrons. The van der Waals surface area contributed by atoms with Crippen LogP contribution >= 0.6 is 0 Å². The van der Waals surface area contributed by atoms with Gasteiger partial charge in [-0.2, -0.15) is 0 Å². The van der Waals surface area contributed by atoms with Gasteiger partial charge >= 0.3 is 0 Å². The van der Waals surface area contributed by atoms with E-state index in [4.69, 9.17) is 4.74 Å². The average molecular weight is 406 g/mol. The quantitative estimate of drug-likeness (QED) is 0.629. The molecule has 30 heavy (non-hydrogen) atoms. The molecule has 0 N–H and O–H groups in total. The van der Waals surface area contributed by atoms with Crippen LogP contribution < -0.4 is 4.74 Å². The van der Waals surface area contributed by atoms with Crippen LogP contribution in [-0.2, 0) is 5.54 Å². The Morgan fingerprint density at radius 1 is 1.00 bits per heavy atom. The highest BCUT2D eigenvalue weighted by Crippen LogP contribution is 2.36. The Morgan fingerprint density at radius 2 is 1.73 bits per heavy atom. The summed E-state index contributed by atoms with van der Waals surface area (Å²) in [6.07, 6.45) is 2.25. The minimum absolute atomic E-state index is 0.00829. The number of ether oxygens (including phenoxy) is 1. The first-order valence-corrected chi connectivity index (χ1v) is 10.7. The van der Waals surface area contributed by atoms with Crippen LogP contribution in [0, 0.1) is 0 Å². The van der Waals surface area contributed by atoms with Gasteiger partial charge < -0.3 is 4.74 Å². The van der Waals surface area contributed by atoms with Crippen molar-refractivity contribution < 1.29 is 4.74 Å². The van der Waals surface area contributed by atoms with E-state index in [0.29, 0.717) is 5.92 Å². The summed E-state index contributed by atoms with van der Waals surface area (Å²) in [4.78, 5) is 2.52. The van der Waals surface area contributed by atoms with Crippen LogP contribution in [0.2, 0.25) is 0 Å². The van der Waals surface area contributed by atoms with Gasteiger partial charge in [0.05, 0.1) is 18.7 Å². The fraction of sp³-hybridized carbons (Fsp3) is 0.458. The number of aromatic nitrogens is 4. The SMILES string of the molecule is COc1cccc(C(c2nnnn2C(C)(C)C)N2CCC(c3ccccc3)CC2)c1. The van der Waals surface area contributed by atoms with Crippen molar-refractivity contribution in [3.8, 4) is 5.75 Å². The third kappa shape index (κ3) is 4.24. The molecule has 1 aromatic heterocycles. The Bertz CT molecular complexity index is 955. The van der Waals surface area contributed by atoms with Gasteiger partial charge in [0.15, 0.2) is 5.82 Å². The van der Waals surface area contributed by atoms with Crippen molar-refractivity contribution in [1.82, 2.24) is 25.1 Å². The molecule has 0 bridgehead atoms. The lowest BCUT2D eigenvalue weighted by Gasteiger charge is -2.38. The van der Waals surface area contributed by atoms with E-state index in [2.05, 4.69) is 83.7 Å². The van der Waals surface area contributed by atoms with E-state index in [9.17, 15) is 0 Å². The molecule has 0 radical (unpaired) electrons. The molecule has 1 aliphatic heterocycles. The molecule has 0 amide bonds. The van der Waals surface area contributed by atoms with Gasteiger partial charge in [-0.15, -0.1) is 5.10 Å². The maximum Gasteiger partial charge on any atom is 0.173 e. The van der Waals surface area contributed by atoms with Gasteiger partial charge in [-0.3, -0.25) is 4.90 Å². The Hall–Kier alpha value is -2.73. The molecule has 0 saturated carbocycles. The largest absolute Gasteiger partial charge is 0.497 e.